The van der Waals surface area contributed by atoms with Crippen molar-refractivity contribution in [1.82, 2.24) is 9.97 Å². The smallest absolute Gasteiger partial charge is 0.185 e. The van der Waals surface area contributed by atoms with Crippen molar-refractivity contribution in [3.05, 3.63) is 11.5 Å². The highest BCUT2D eigenvalue weighted by Gasteiger charge is 2.37. The second-order valence-electron chi connectivity index (χ2n) is 4.79. The molecule has 0 saturated carbocycles. The number of hydrogen-bond donors (Lipinski definition) is 1. The number of ether oxygens (including phenoxy) is 2. The van der Waals surface area contributed by atoms with Crippen molar-refractivity contribution in [2.45, 2.75) is 46.4 Å². The first-order valence-corrected chi connectivity index (χ1v) is 7.18. The molecule has 2 aliphatic heterocycles. The quantitative estimate of drug-likeness (QED) is 0.836. The van der Waals surface area contributed by atoms with Gasteiger partial charge >= 0.3 is 0 Å². The van der Waals surface area contributed by atoms with E-state index in [1.807, 2.05) is 20.8 Å². The molecule has 0 aromatic carbocycles. The van der Waals surface area contributed by atoms with Gasteiger partial charge in [0.2, 0.25) is 0 Å². The molecule has 2 atom stereocenters. The largest absolute Gasteiger partial charge is 0.486 e. The van der Waals surface area contributed by atoms with E-state index in [1.54, 1.807) is 0 Å². The van der Waals surface area contributed by atoms with Crippen LogP contribution in [0.2, 0.25) is 0 Å². The van der Waals surface area contributed by atoms with Gasteiger partial charge in [0.25, 0.3) is 0 Å². The van der Waals surface area contributed by atoms with Gasteiger partial charge in [-0.25, -0.2) is 9.97 Å². The molecule has 20 heavy (non-hydrogen) atoms. The van der Waals surface area contributed by atoms with E-state index in [1.165, 1.54) is 0 Å². The number of aryl methyl sites for hydroxylation is 1. The van der Waals surface area contributed by atoms with Gasteiger partial charge in [-0.05, 0) is 13.8 Å². The van der Waals surface area contributed by atoms with Gasteiger partial charge in [0.15, 0.2) is 11.6 Å². The van der Waals surface area contributed by atoms with Gasteiger partial charge in [-0.2, -0.15) is 0 Å². The second kappa shape index (κ2) is 6.37. The lowest BCUT2D eigenvalue weighted by Crippen LogP contribution is -2.56. The third-order valence-electron chi connectivity index (χ3n) is 3.38. The Morgan fingerprint density at radius 2 is 2.00 bits per heavy atom. The molecule has 2 aliphatic rings. The molecule has 1 saturated heterocycles. The summed E-state index contributed by atoms with van der Waals surface area (Å²) in [6.45, 7) is 9.70. The summed E-state index contributed by atoms with van der Waals surface area (Å²) >= 11 is 0. The lowest BCUT2D eigenvalue weighted by molar-refractivity contribution is 0.0479. The highest BCUT2D eigenvalue weighted by atomic mass is 16.5. The third kappa shape index (κ3) is 2.58. The Hall–Kier alpha value is -1.40. The molecule has 0 spiro atoms. The number of fused-ring (bicyclic) bond motifs is 3. The predicted molar refractivity (Wildman–Crippen MR) is 76.1 cm³/mol. The molecule has 1 aromatic heterocycles. The molecule has 6 nitrogen and oxygen atoms in total. The van der Waals surface area contributed by atoms with Crippen molar-refractivity contribution in [3.8, 4) is 5.75 Å². The maximum atomic E-state index is 9.37. The van der Waals surface area contributed by atoms with Crippen molar-refractivity contribution in [2.24, 2.45) is 0 Å². The van der Waals surface area contributed by atoms with Crippen molar-refractivity contribution in [2.75, 3.05) is 24.7 Å². The number of nitrogens with zero attached hydrogens (tertiary/aromatic N) is 3. The molecular weight excluding hydrogens is 258 g/mol. The van der Waals surface area contributed by atoms with Crippen molar-refractivity contribution in [1.29, 1.82) is 0 Å². The summed E-state index contributed by atoms with van der Waals surface area (Å²) in [5.41, 5.74) is 0.564. The van der Waals surface area contributed by atoms with Gasteiger partial charge < -0.3 is 19.5 Å². The number of aliphatic hydroxyl groups is 1. The fraction of sp³-hybridized carbons (Fsp3) is 0.714. The molecule has 0 bridgehead atoms. The van der Waals surface area contributed by atoms with E-state index in [-0.39, 0.29) is 18.7 Å². The van der Waals surface area contributed by atoms with E-state index in [2.05, 4.69) is 21.8 Å². The van der Waals surface area contributed by atoms with Crippen LogP contribution in [0.5, 0.6) is 5.75 Å². The molecule has 0 aliphatic carbocycles. The average molecular weight is 281 g/mol. The number of aliphatic hydroxyl groups excluding tert-OH is 1. The summed E-state index contributed by atoms with van der Waals surface area (Å²) in [4.78, 5) is 10.9. The van der Waals surface area contributed by atoms with Gasteiger partial charge in [0.1, 0.15) is 18.1 Å². The first-order chi connectivity index (χ1) is 9.70. The van der Waals surface area contributed by atoms with E-state index >= 15 is 0 Å². The van der Waals surface area contributed by atoms with Crippen LogP contribution in [0.15, 0.2) is 0 Å². The Morgan fingerprint density at radius 3 is 2.70 bits per heavy atom. The first kappa shape index (κ1) is 15.0. The molecule has 0 amide bonds. The normalized spacial score (nSPS) is 23.9. The molecule has 1 fully saturated rings. The Kier molecular flexibility index (Phi) is 4.77. The molecule has 3 rings (SSSR count). The molecule has 3 heterocycles. The minimum Gasteiger partial charge on any atom is -0.486 e. The van der Waals surface area contributed by atoms with Crippen LogP contribution < -0.4 is 9.64 Å². The van der Waals surface area contributed by atoms with Crippen LogP contribution in [0.4, 0.5) is 5.82 Å². The molecule has 0 radical (unpaired) electrons. The van der Waals surface area contributed by atoms with Crippen LogP contribution in [0.1, 0.15) is 32.3 Å². The van der Waals surface area contributed by atoms with Crippen LogP contribution in [0, 0.1) is 6.92 Å². The highest BCUT2D eigenvalue weighted by molar-refractivity contribution is 5.58. The van der Waals surface area contributed by atoms with Gasteiger partial charge in [-0.1, -0.05) is 13.8 Å². The van der Waals surface area contributed by atoms with Crippen LogP contribution in [0.3, 0.4) is 0 Å². The lowest BCUT2D eigenvalue weighted by Gasteiger charge is -2.44. The Bertz CT molecular complexity index is 467. The molecule has 2 unspecified atom stereocenters. The summed E-state index contributed by atoms with van der Waals surface area (Å²) in [5, 5.41) is 9.37. The van der Waals surface area contributed by atoms with Crippen molar-refractivity contribution >= 4 is 5.82 Å². The number of hydrogen-bond acceptors (Lipinski definition) is 6. The number of anilines is 1. The Balaban J connectivity index is 0.000000704. The summed E-state index contributed by atoms with van der Waals surface area (Å²) < 4.78 is 11.3. The summed E-state index contributed by atoms with van der Waals surface area (Å²) in [7, 11) is 0. The van der Waals surface area contributed by atoms with E-state index in [0.717, 1.165) is 5.82 Å². The van der Waals surface area contributed by atoms with Gasteiger partial charge in [0.05, 0.1) is 31.9 Å². The second-order valence-corrected chi connectivity index (χ2v) is 4.79. The molecule has 1 N–H and O–H groups in total. The van der Waals surface area contributed by atoms with Gasteiger partial charge in [-0.15, -0.1) is 0 Å². The SMILES string of the molecule is CC.Cc1nc(CO)c2c(n1)N1C(C)COCC1CO2. The van der Waals surface area contributed by atoms with Gasteiger partial charge in [-0.3, -0.25) is 0 Å². The molecular formula is C14H23N3O3. The van der Waals surface area contributed by atoms with E-state index in [9.17, 15) is 5.11 Å². The standard InChI is InChI=1S/C12H17N3O3.C2H6/c1-7-4-17-5-9-6-18-11-10(3-16)13-8(2)14-12(11)15(7)9;1-2/h7,9,16H,3-6H2,1-2H3;1-2H3. The number of aromatic nitrogens is 2. The zero-order valence-electron chi connectivity index (χ0n) is 12.6. The maximum absolute atomic E-state index is 9.37. The monoisotopic (exact) mass is 281 g/mol. The summed E-state index contributed by atoms with van der Waals surface area (Å²) in [5.74, 6) is 2.06. The summed E-state index contributed by atoms with van der Waals surface area (Å²) in [6, 6.07) is 0.453. The highest BCUT2D eigenvalue weighted by Crippen LogP contribution is 2.37. The zero-order chi connectivity index (χ0) is 14.7. The Labute approximate surface area is 119 Å². The first-order valence-electron chi connectivity index (χ1n) is 7.18. The molecule has 112 valence electrons. The number of morpholine rings is 1. The van der Waals surface area contributed by atoms with Crippen molar-refractivity contribution in [3.63, 3.8) is 0 Å². The van der Waals surface area contributed by atoms with E-state index in [4.69, 9.17) is 9.47 Å². The Morgan fingerprint density at radius 1 is 1.25 bits per heavy atom. The molecule has 6 heteroatoms. The predicted octanol–water partition coefficient (Wildman–Crippen LogP) is 1.29. The zero-order valence-corrected chi connectivity index (χ0v) is 12.6. The third-order valence-corrected chi connectivity index (χ3v) is 3.38. The fourth-order valence-electron chi connectivity index (χ4n) is 2.62. The topological polar surface area (TPSA) is 67.7 Å². The summed E-state index contributed by atoms with van der Waals surface area (Å²) in [6.07, 6.45) is 0. The van der Waals surface area contributed by atoms with Crippen LogP contribution in [-0.4, -0.2) is 47.0 Å². The van der Waals surface area contributed by atoms with E-state index < -0.39 is 0 Å². The van der Waals surface area contributed by atoms with Crippen LogP contribution in [0.25, 0.3) is 0 Å². The van der Waals surface area contributed by atoms with Gasteiger partial charge in [0, 0.05) is 0 Å². The fourth-order valence-corrected chi connectivity index (χ4v) is 2.62. The van der Waals surface area contributed by atoms with E-state index in [0.29, 0.717) is 37.1 Å². The lowest BCUT2D eigenvalue weighted by atomic mass is 10.1. The maximum Gasteiger partial charge on any atom is 0.185 e. The van der Waals surface area contributed by atoms with Crippen LogP contribution >= 0.6 is 0 Å². The molecule has 1 aromatic rings. The number of rotatable bonds is 1. The van der Waals surface area contributed by atoms with Crippen molar-refractivity contribution < 1.29 is 14.6 Å². The average Bonchev–Trinajstić information content (AvgIpc) is 2.48. The van der Waals surface area contributed by atoms with Crippen LogP contribution in [-0.2, 0) is 11.3 Å². The minimum atomic E-state index is -0.130. The minimum absolute atomic E-state index is 0.130.